The van der Waals surface area contributed by atoms with Crippen LogP contribution in [0.2, 0.25) is 0 Å². The molecule has 104 valence electrons. The summed E-state index contributed by atoms with van der Waals surface area (Å²) >= 11 is 0. The maximum atomic E-state index is 4.86. The molecule has 1 aliphatic carbocycles. The molecule has 0 amide bonds. The molecule has 1 fully saturated rings. The van der Waals surface area contributed by atoms with E-state index in [-0.39, 0.29) is 0 Å². The van der Waals surface area contributed by atoms with Crippen LogP contribution >= 0.6 is 0 Å². The topological polar surface area (TPSA) is 42.7 Å². The number of nitrogens with one attached hydrogen (secondary N) is 1. The number of aromatic nitrogens is 3. The zero-order valence-corrected chi connectivity index (χ0v) is 11.6. The molecule has 4 nitrogen and oxygen atoms in total. The van der Waals surface area contributed by atoms with Crippen molar-refractivity contribution >= 4 is 5.82 Å². The summed E-state index contributed by atoms with van der Waals surface area (Å²) in [7, 11) is 0. The molecule has 3 heterocycles. The number of anilines is 1. The third kappa shape index (κ3) is 1.99. The molecule has 0 spiro atoms. The molecule has 2 aliphatic rings. The number of rotatable bonds is 2. The van der Waals surface area contributed by atoms with E-state index in [4.69, 9.17) is 5.10 Å². The minimum absolute atomic E-state index is 0.583. The summed E-state index contributed by atoms with van der Waals surface area (Å²) in [6.07, 6.45) is 10.4. The first-order valence-corrected chi connectivity index (χ1v) is 7.65. The molecule has 1 saturated carbocycles. The van der Waals surface area contributed by atoms with Gasteiger partial charge in [-0.25, -0.2) is 4.68 Å². The van der Waals surface area contributed by atoms with Crippen molar-refractivity contribution in [2.45, 2.75) is 38.1 Å². The number of hydrogen-bond acceptors (Lipinski definition) is 3. The molecule has 1 unspecified atom stereocenters. The first-order valence-electron chi connectivity index (χ1n) is 7.65. The van der Waals surface area contributed by atoms with Crippen LogP contribution in [0, 0.1) is 5.92 Å². The van der Waals surface area contributed by atoms with E-state index in [9.17, 15) is 0 Å². The fourth-order valence-electron chi connectivity index (χ4n) is 3.68. The second-order valence-electron chi connectivity index (χ2n) is 5.93. The van der Waals surface area contributed by atoms with Gasteiger partial charge in [0.25, 0.3) is 0 Å². The molecule has 0 bridgehead atoms. The summed E-state index contributed by atoms with van der Waals surface area (Å²) in [4.78, 5) is 4.19. The Bertz CT molecular complexity index is 584. The van der Waals surface area contributed by atoms with E-state index in [0.717, 1.165) is 23.7 Å². The van der Waals surface area contributed by atoms with Crippen LogP contribution in [-0.4, -0.2) is 21.3 Å². The van der Waals surface area contributed by atoms with E-state index in [1.165, 1.54) is 37.9 Å². The molecule has 0 aromatic carbocycles. The molecule has 0 radical (unpaired) electrons. The van der Waals surface area contributed by atoms with Gasteiger partial charge in [-0.3, -0.25) is 4.98 Å². The van der Waals surface area contributed by atoms with E-state index in [2.05, 4.69) is 27.1 Å². The standard InChI is InChI=1S/C16H20N4/c1-2-5-12(4-1)15-7-9-18-16-10-14(19-20(15)16)13-6-3-8-17-11-13/h3,6,8,10-12,15,18H,1-2,4-5,7,9H2. The smallest absolute Gasteiger partial charge is 0.125 e. The van der Waals surface area contributed by atoms with Crippen LogP contribution < -0.4 is 5.32 Å². The molecule has 4 rings (SSSR count). The Hall–Kier alpha value is -1.84. The first kappa shape index (κ1) is 11.9. The van der Waals surface area contributed by atoms with Gasteiger partial charge in [0.05, 0.1) is 11.7 Å². The Morgan fingerprint density at radius 3 is 2.90 bits per heavy atom. The number of nitrogens with zero attached hydrogens (tertiary/aromatic N) is 3. The molecule has 1 N–H and O–H groups in total. The van der Waals surface area contributed by atoms with Crippen molar-refractivity contribution in [2.24, 2.45) is 5.92 Å². The predicted octanol–water partition coefficient (Wildman–Crippen LogP) is 3.49. The van der Waals surface area contributed by atoms with Gasteiger partial charge in [-0.05, 0) is 37.3 Å². The van der Waals surface area contributed by atoms with E-state index < -0.39 is 0 Å². The van der Waals surface area contributed by atoms with Gasteiger partial charge >= 0.3 is 0 Å². The molecule has 1 atom stereocenters. The second kappa shape index (κ2) is 4.93. The highest BCUT2D eigenvalue weighted by molar-refractivity contribution is 5.62. The largest absolute Gasteiger partial charge is 0.370 e. The van der Waals surface area contributed by atoms with E-state index in [1.807, 2.05) is 12.3 Å². The molecular weight excluding hydrogens is 248 g/mol. The zero-order chi connectivity index (χ0) is 13.4. The highest BCUT2D eigenvalue weighted by atomic mass is 15.4. The van der Waals surface area contributed by atoms with Gasteiger partial charge in [0.1, 0.15) is 5.82 Å². The Morgan fingerprint density at radius 1 is 1.20 bits per heavy atom. The lowest BCUT2D eigenvalue weighted by Crippen LogP contribution is -2.28. The number of fused-ring (bicyclic) bond motifs is 1. The Kier molecular flexibility index (Phi) is 2.94. The third-order valence-corrected chi connectivity index (χ3v) is 4.70. The van der Waals surface area contributed by atoms with Gasteiger partial charge in [0.15, 0.2) is 0 Å². The van der Waals surface area contributed by atoms with Crippen LogP contribution in [0.4, 0.5) is 5.82 Å². The Labute approximate surface area is 119 Å². The van der Waals surface area contributed by atoms with Gasteiger partial charge in [0.2, 0.25) is 0 Å². The van der Waals surface area contributed by atoms with E-state index in [1.54, 1.807) is 6.20 Å². The normalized spacial score (nSPS) is 22.5. The van der Waals surface area contributed by atoms with Crippen LogP contribution in [0.1, 0.15) is 38.1 Å². The molecular formula is C16H20N4. The molecule has 2 aromatic rings. The van der Waals surface area contributed by atoms with Crippen molar-refractivity contribution in [3.05, 3.63) is 30.6 Å². The monoisotopic (exact) mass is 268 g/mol. The van der Waals surface area contributed by atoms with E-state index in [0.29, 0.717) is 6.04 Å². The van der Waals surface area contributed by atoms with Crippen molar-refractivity contribution in [3.63, 3.8) is 0 Å². The fourth-order valence-corrected chi connectivity index (χ4v) is 3.68. The average molecular weight is 268 g/mol. The minimum Gasteiger partial charge on any atom is -0.370 e. The van der Waals surface area contributed by atoms with Crippen molar-refractivity contribution < 1.29 is 0 Å². The zero-order valence-electron chi connectivity index (χ0n) is 11.6. The van der Waals surface area contributed by atoms with Crippen LogP contribution in [0.5, 0.6) is 0 Å². The highest BCUT2D eigenvalue weighted by Gasteiger charge is 2.31. The lowest BCUT2D eigenvalue weighted by molar-refractivity contribution is 0.290. The quantitative estimate of drug-likeness (QED) is 0.906. The van der Waals surface area contributed by atoms with Crippen LogP contribution in [-0.2, 0) is 0 Å². The minimum atomic E-state index is 0.583. The fraction of sp³-hybridized carbons (Fsp3) is 0.500. The van der Waals surface area contributed by atoms with E-state index >= 15 is 0 Å². The van der Waals surface area contributed by atoms with Gasteiger partial charge < -0.3 is 5.32 Å². The number of hydrogen-bond donors (Lipinski definition) is 1. The molecule has 20 heavy (non-hydrogen) atoms. The SMILES string of the molecule is c1cncc(-c2cc3n(n2)C(C2CCCC2)CCN3)c1. The summed E-state index contributed by atoms with van der Waals surface area (Å²) < 4.78 is 2.24. The summed E-state index contributed by atoms with van der Waals surface area (Å²) in [6.45, 7) is 1.07. The Balaban J connectivity index is 1.70. The second-order valence-corrected chi connectivity index (χ2v) is 5.93. The van der Waals surface area contributed by atoms with Crippen LogP contribution in [0.3, 0.4) is 0 Å². The van der Waals surface area contributed by atoms with Gasteiger partial charge in [-0.1, -0.05) is 12.8 Å². The predicted molar refractivity (Wildman–Crippen MR) is 79.6 cm³/mol. The van der Waals surface area contributed by atoms with Crippen molar-refractivity contribution in [1.82, 2.24) is 14.8 Å². The lowest BCUT2D eigenvalue weighted by Gasteiger charge is -2.30. The van der Waals surface area contributed by atoms with Gasteiger partial charge in [-0.15, -0.1) is 0 Å². The van der Waals surface area contributed by atoms with Crippen LogP contribution in [0.25, 0.3) is 11.3 Å². The molecule has 0 saturated heterocycles. The maximum absolute atomic E-state index is 4.86. The lowest BCUT2D eigenvalue weighted by atomic mass is 9.94. The number of pyridine rings is 1. The molecule has 1 aliphatic heterocycles. The summed E-state index contributed by atoms with van der Waals surface area (Å²) in [5.74, 6) is 1.99. The summed E-state index contributed by atoms with van der Waals surface area (Å²) in [5, 5.41) is 8.35. The van der Waals surface area contributed by atoms with Crippen molar-refractivity contribution in [3.8, 4) is 11.3 Å². The average Bonchev–Trinajstić information content (AvgIpc) is 3.17. The van der Waals surface area contributed by atoms with Crippen LogP contribution in [0.15, 0.2) is 30.6 Å². The van der Waals surface area contributed by atoms with Crippen molar-refractivity contribution in [1.29, 1.82) is 0 Å². The van der Waals surface area contributed by atoms with Gasteiger partial charge in [0, 0.05) is 30.6 Å². The highest BCUT2D eigenvalue weighted by Crippen LogP contribution is 2.40. The molecule has 2 aromatic heterocycles. The first-order chi connectivity index (χ1) is 9.92. The van der Waals surface area contributed by atoms with Crippen molar-refractivity contribution in [2.75, 3.05) is 11.9 Å². The maximum Gasteiger partial charge on any atom is 0.125 e. The summed E-state index contributed by atoms with van der Waals surface area (Å²) in [6, 6.07) is 6.79. The molecule has 4 heteroatoms. The van der Waals surface area contributed by atoms with Gasteiger partial charge in [-0.2, -0.15) is 5.10 Å². The third-order valence-electron chi connectivity index (χ3n) is 4.70. The summed E-state index contributed by atoms with van der Waals surface area (Å²) in [5.41, 5.74) is 2.13. The Morgan fingerprint density at radius 2 is 2.10 bits per heavy atom.